The molecule has 3 aromatic carbocycles. The number of rotatable bonds is 6. The number of carbonyl (C=O) groups excluding carboxylic acids is 1. The van der Waals surface area contributed by atoms with Crippen molar-refractivity contribution in [2.24, 2.45) is 5.92 Å². The standard InChI is InChI=1S/C29H26O7/c1-16(2)14-34-20-10-6-17(7-11-20)21-12-25(31)36-24-13-23(30)27-28(32)22(15-35-29(27)26(21)24)18-4-8-19(33-3)9-5-18/h4-11,13,15-16,21,30H,12,14H2,1-3H3/t21-/m0/s1. The number of ether oxygens (including phenoxy) is 3. The number of esters is 1. The number of methoxy groups -OCH3 is 1. The fraction of sp³-hybridized carbons (Fsp3) is 0.241. The van der Waals surface area contributed by atoms with Gasteiger partial charge in [-0.25, -0.2) is 0 Å². The van der Waals surface area contributed by atoms with Crippen LogP contribution in [0.25, 0.3) is 22.1 Å². The Bertz CT molecular complexity index is 1480. The molecule has 7 heteroatoms. The average molecular weight is 487 g/mol. The second-order valence-electron chi connectivity index (χ2n) is 9.22. The van der Waals surface area contributed by atoms with Crippen LogP contribution in [-0.2, 0) is 4.79 Å². The van der Waals surface area contributed by atoms with Crippen LogP contribution in [0.1, 0.15) is 37.3 Å². The van der Waals surface area contributed by atoms with Gasteiger partial charge in [-0.2, -0.15) is 0 Å². The summed E-state index contributed by atoms with van der Waals surface area (Å²) in [5.74, 6) is 0.820. The highest BCUT2D eigenvalue weighted by Crippen LogP contribution is 2.45. The van der Waals surface area contributed by atoms with E-state index in [4.69, 9.17) is 18.6 Å². The summed E-state index contributed by atoms with van der Waals surface area (Å²) in [4.78, 5) is 25.9. The SMILES string of the molecule is COc1ccc(-c2coc3c4c(cc(O)c3c2=O)OC(=O)C[C@H]4c2ccc(OCC(C)C)cc2)cc1. The number of carbonyl (C=O) groups is 1. The molecule has 0 fully saturated rings. The van der Waals surface area contributed by atoms with Crippen molar-refractivity contribution in [3.05, 3.63) is 82.2 Å². The second-order valence-corrected chi connectivity index (χ2v) is 9.22. The van der Waals surface area contributed by atoms with Crippen LogP contribution in [0.5, 0.6) is 23.0 Å². The number of hydrogen-bond acceptors (Lipinski definition) is 7. The first kappa shape index (κ1) is 23.5. The lowest BCUT2D eigenvalue weighted by Crippen LogP contribution is -2.22. The van der Waals surface area contributed by atoms with Crippen molar-refractivity contribution < 1.29 is 28.5 Å². The average Bonchev–Trinajstić information content (AvgIpc) is 2.87. The summed E-state index contributed by atoms with van der Waals surface area (Å²) >= 11 is 0. The van der Waals surface area contributed by atoms with Gasteiger partial charge in [0.05, 0.1) is 25.7 Å². The van der Waals surface area contributed by atoms with Crippen LogP contribution in [-0.4, -0.2) is 24.8 Å². The predicted molar refractivity (Wildman–Crippen MR) is 135 cm³/mol. The minimum absolute atomic E-state index is 0.0434. The highest BCUT2D eigenvalue weighted by Gasteiger charge is 2.33. The Hall–Kier alpha value is -4.26. The third kappa shape index (κ3) is 4.28. The second kappa shape index (κ2) is 9.41. The van der Waals surface area contributed by atoms with E-state index >= 15 is 0 Å². The molecule has 0 bridgehead atoms. The molecule has 1 atom stereocenters. The van der Waals surface area contributed by atoms with Gasteiger partial charge in [-0.1, -0.05) is 38.1 Å². The Labute approximate surface area is 207 Å². The van der Waals surface area contributed by atoms with Crippen LogP contribution < -0.4 is 19.6 Å². The van der Waals surface area contributed by atoms with E-state index in [0.717, 1.165) is 11.3 Å². The fourth-order valence-electron chi connectivity index (χ4n) is 4.45. The first-order chi connectivity index (χ1) is 17.4. The third-order valence-corrected chi connectivity index (χ3v) is 6.24. The van der Waals surface area contributed by atoms with Gasteiger partial charge in [0, 0.05) is 17.5 Å². The summed E-state index contributed by atoms with van der Waals surface area (Å²) in [6.07, 6.45) is 1.45. The molecular formula is C29H26O7. The largest absolute Gasteiger partial charge is 0.507 e. The number of phenols is 1. The molecule has 2 heterocycles. The lowest BCUT2D eigenvalue weighted by atomic mass is 9.85. The molecule has 5 rings (SSSR count). The van der Waals surface area contributed by atoms with Gasteiger partial charge in [-0.05, 0) is 41.3 Å². The molecule has 0 unspecified atom stereocenters. The summed E-state index contributed by atoms with van der Waals surface area (Å²) in [6, 6.07) is 15.8. The van der Waals surface area contributed by atoms with Crippen molar-refractivity contribution >= 4 is 16.9 Å². The van der Waals surface area contributed by atoms with E-state index in [2.05, 4.69) is 13.8 Å². The van der Waals surface area contributed by atoms with Crippen LogP contribution in [0.3, 0.4) is 0 Å². The van der Waals surface area contributed by atoms with Crippen LogP contribution >= 0.6 is 0 Å². The van der Waals surface area contributed by atoms with E-state index < -0.39 is 11.9 Å². The van der Waals surface area contributed by atoms with Gasteiger partial charge in [0.15, 0.2) is 0 Å². The van der Waals surface area contributed by atoms with Crippen LogP contribution in [0.15, 0.2) is 70.1 Å². The maximum absolute atomic E-state index is 13.5. The minimum atomic E-state index is -0.427. The molecule has 1 aromatic heterocycles. The van der Waals surface area contributed by atoms with Gasteiger partial charge >= 0.3 is 5.97 Å². The molecule has 4 aromatic rings. The highest BCUT2D eigenvalue weighted by atomic mass is 16.5. The van der Waals surface area contributed by atoms with Crippen molar-refractivity contribution in [1.82, 2.24) is 0 Å². The molecule has 1 aliphatic rings. The third-order valence-electron chi connectivity index (χ3n) is 6.24. The zero-order valence-corrected chi connectivity index (χ0v) is 20.2. The zero-order valence-electron chi connectivity index (χ0n) is 20.2. The molecule has 0 amide bonds. The van der Waals surface area contributed by atoms with Crippen molar-refractivity contribution in [3.8, 4) is 34.1 Å². The van der Waals surface area contributed by atoms with Crippen LogP contribution in [0, 0.1) is 5.92 Å². The van der Waals surface area contributed by atoms with Crippen molar-refractivity contribution in [2.45, 2.75) is 26.2 Å². The van der Waals surface area contributed by atoms with Gasteiger partial charge in [0.1, 0.15) is 40.2 Å². The maximum Gasteiger partial charge on any atom is 0.312 e. The molecule has 36 heavy (non-hydrogen) atoms. The van der Waals surface area contributed by atoms with E-state index in [9.17, 15) is 14.7 Å². The highest BCUT2D eigenvalue weighted by molar-refractivity contribution is 5.94. The van der Waals surface area contributed by atoms with Crippen molar-refractivity contribution in [1.29, 1.82) is 0 Å². The lowest BCUT2D eigenvalue weighted by Gasteiger charge is -2.26. The molecule has 0 saturated heterocycles. The molecule has 184 valence electrons. The Kier molecular flexibility index (Phi) is 6.14. The van der Waals surface area contributed by atoms with Gasteiger partial charge in [-0.15, -0.1) is 0 Å². The van der Waals surface area contributed by atoms with E-state index in [1.807, 2.05) is 24.3 Å². The normalized spacial score (nSPS) is 15.0. The summed E-state index contributed by atoms with van der Waals surface area (Å²) < 4.78 is 22.4. The van der Waals surface area contributed by atoms with Gasteiger partial charge in [0.25, 0.3) is 0 Å². The molecule has 7 nitrogen and oxygen atoms in total. The first-order valence-electron chi connectivity index (χ1n) is 11.7. The number of fused-ring (bicyclic) bond motifs is 3. The summed E-state index contributed by atoms with van der Waals surface area (Å²) in [6.45, 7) is 4.75. The minimum Gasteiger partial charge on any atom is -0.507 e. The van der Waals surface area contributed by atoms with Gasteiger partial charge in [0.2, 0.25) is 5.43 Å². The number of benzene rings is 3. The zero-order chi connectivity index (χ0) is 25.4. The van der Waals surface area contributed by atoms with E-state index in [-0.39, 0.29) is 34.3 Å². The Morgan fingerprint density at radius 3 is 2.39 bits per heavy atom. The first-order valence-corrected chi connectivity index (χ1v) is 11.7. The molecule has 0 radical (unpaired) electrons. The molecule has 0 aliphatic carbocycles. The summed E-state index contributed by atoms with van der Waals surface area (Å²) in [5.41, 5.74) is 2.15. The Balaban J connectivity index is 1.62. The Morgan fingerprint density at radius 2 is 1.72 bits per heavy atom. The van der Waals surface area contributed by atoms with E-state index in [1.165, 1.54) is 12.3 Å². The molecule has 0 spiro atoms. The fourth-order valence-corrected chi connectivity index (χ4v) is 4.45. The van der Waals surface area contributed by atoms with E-state index in [0.29, 0.717) is 35.0 Å². The van der Waals surface area contributed by atoms with Gasteiger partial charge < -0.3 is 23.7 Å². The number of hydrogen-bond donors (Lipinski definition) is 1. The summed E-state index contributed by atoms with van der Waals surface area (Å²) in [7, 11) is 1.57. The smallest absolute Gasteiger partial charge is 0.312 e. The maximum atomic E-state index is 13.5. The molecule has 1 N–H and O–H groups in total. The molecule has 1 aliphatic heterocycles. The van der Waals surface area contributed by atoms with Crippen LogP contribution in [0.4, 0.5) is 0 Å². The Morgan fingerprint density at radius 1 is 1.03 bits per heavy atom. The van der Waals surface area contributed by atoms with Crippen molar-refractivity contribution in [2.75, 3.05) is 13.7 Å². The lowest BCUT2D eigenvalue weighted by molar-refractivity contribution is -0.135. The quantitative estimate of drug-likeness (QED) is 0.278. The molecule has 0 saturated carbocycles. The number of aromatic hydroxyl groups is 1. The topological polar surface area (TPSA) is 95.2 Å². The van der Waals surface area contributed by atoms with Crippen molar-refractivity contribution in [3.63, 3.8) is 0 Å². The van der Waals surface area contributed by atoms with Gasteiger partial charge in [-0.3, -0.25) is 9.59 Å². The summed E-state index contributed by atoms with van der Waals surface area (Å²) in [5, 5.41) is 10.8. The monoisotopic (exact) mass is 486 g/mol. The van der Waals surface area contributed by atoms with E-state index in [1.54, 1.807) is 31.4 Å². The predicted octanol–water partition coefficient (Wildman–Crippen LogP) is 5.65. The molecular weight excluding hydrogens is 460 g/mol. The number of phenolic OH excluding ortho intramolecular Hbond substituents is 1. The van der Waals surface area contributed by atoms with Crippen LogP contribution in [0.2, 0.25) is 0 Å².